The third kappa shape index (κ3) is 6.93. The monoisotopic (exact) mass is 411 g/mol. The number of aldehydes is 1. The van der Waals surface area contributed by atoms with Crippen LogP contribution >= 0.6 is 0 Å². The zero-order valence-electron chi connectivity index (χ0n) is 17.1. The van der Waals surface area contributed by atoms with Crippen molar-refractivity contribution in [3.63, 3.8) is 0 Å². The van der Waals surface area contributed by atoms with Crippen LogP contribution < -0.4 is 4.74 Å². The molecule has 0 N–H and O–H groups in total. The second kappa shape index (κ2) is 12.3. The highest BCUT2D eigenvalue weighted by molar-refractivity contribution is 6.04. The van der Waals surface area contributed by atoms with E-state index in [1.807, 2.05) is 19.1 Å². The molecule has 0 aliphatic rings. The van der Waals surface area contributed by atoms with Crippen LogP contribution in [0.1, 0.15) is 40.1 Å². The van der Waals surface area contributed by atoms with Crippen LogP contribution in [-0.4, -0.2) is 50.3 Å². The maximum atomic E-state index is 12.1. The van der Waals surface area contributed by atoms with Crippen molar-refractivity contribution in [2.75, 3.05) is 19.8 Å². The Bertz CT molecular complexity index is 876. The Morgan fingerprint density at radius 2 is 1.77 bits per heavy atom. The molecule has 2 rings (SSSR count). The number of carbonyl (C=O) groups is 3. The van der Waals surface area contributed by atoms with E-state index in [1.165, 1.54) is 6.21 Å². The van der Waals surface area contributed by atoms with E-state index in [-0.39, 0.29) is 18.1 Å². The van der Waals surface area contributed by atoms with Crippen molar-refractivity contribution in [1.29, 1.82) is 0 Å². The summed E-state index contributed by atoms with van der Waals surface area (Å²) >= 11 is 0. The normalized spacial score (nSPS) is 11.8. The van der Waals surface area contributed by atoms with Crippen molar-refractivity contribution in [1.82, 2.24) is 0 Å². The van der Waals surface area contributed by atoms with Crippen molar-refractivity contribution in [3.05, 3.63) is 65.2 Å². The quantitative estimate of drug-likeness (QED) is 0.320. The number of amides is 1. The molecule has 0 spiro atoms. The highest BCUT2D eigenvalue weighted by Gasteiger charge is 2.20. The smallest absolute Gasteiger partial charge is 0.335 e. The Balaban J connectivity index is 1.88. The number of rotatable bonds is 11. The van der Waals surface area contributed by atoms with E-state index in [0.29, 0.717) is 37.2 Å². The third-order valence-electron chi connectivity index (χ3n) is 4.11. The molecule has 30 heavy (non-hydrogen) atoms. The van der Waals surface area contributed by atoms with Gasteiger partial charge in [0.15, 0.2) is 12.4 Å². The van der Waals surface area contributed by atoms with Crippen molar-refractivity contribution in [2.45, 2.75) is 26.4 Å². The molecule has 1 amide bonds. The van der Waals surface area contributed by atoms with Crippen molar-refractivity contribution >= 4 is 24.4 Å². The molecule has 0 radical (unpaired) electrons. The molecule has 7 heteroatoms. The summed E-state index contributed by atoms with van der Waals surface area (Å²) in [5, 5.41) is 0. The van der Waals surface area contributed by atoms with E-state index < -0.39 is 12.0 Å². The number of nitrogens with zero attached hydrogens (tertiary/aromatic N) is 1. The first-order chi connectivity index (χ1) is 14.6. The van der Waals surface area contributed by atoms with E-state index in [4.69, 9.17) is 14.2 Å². The summed E-state index contributed by atoms with van der Waals surface area (Å²) in [6, 6.07) is 13.7. The average Bonchev–Trinajstić information content (AvgIpc) is 2.77. The maximum absolute atomic E-state index is 12.1. The van der Waals surface area contributed by atoms with Crippen LogP contribution in [0.15, 0.2) is 53.5 Å². The van der Waals surface area contributed by atoms with Gasteiger partial charge in [0, 0.05) is 24.8 Å². The number of ether oxygens (including phenoxy) is 3. The van der Waals surface area contributed by atoms with Crippen LogP contribution in [0.5, 0.6) is 5.75 Å². The number of hydrogen-bond donors (Lipinski definition) is 0. The molecule has 2 aromatic rings. The van der Waals surface area contributed by atoms with Gasteiger partial charge in [0.2, 0.25) is 0 Å². The van der Waals surface area contributed by atoms with Gasteiger partial charge >= 0.3 is 5.97 Å². The summed E-state index contributed by atoms with van der Waals surface area (Å²) in [5.41, 5.74) is 1.45. The molecule has 0 fully saturated rings. The fourth-order valence-electron chi connectivity index (χ4n) is 2.70. The summed E-state index contributed by atoms with van der Waals surface area (Å²) < 4.78 is 16.1. The number of hydrogen-bond acceptors (Lipinski definition) is 6. The molecule has 158 valence electrons. The van der Waals surface area contributed by atoms with Crippen LogP contribution in [0.25, 0.3) is 0 Å². The summed E-state index contributed by atoms with van der Waals surface area (Å²) in [7, 11) is 0. The molecule has 2 aromatic carbocycles. The lowest BCUT2D eigenvalue weighted by molar-refractivity contribution is -0.156. The van der Waals surface area contributed by atoms with Crippen LogP contribution in [0.3, 0.4) is 0 Å². The van der Waals surface area contributed by atoms with E-state index in [2.05, 4.69) is 4.99 Å². The molecule has 0 aliphatic carbocycles. The lowest BCUT2D eigenvalue weighted by Crippen LogP contribution is -2.28. The van der Waals surface area contributed by atoms with Crippen molar-refractivity contribution in [3.8, 4) is 5.75 Å². The molecule has 0 aromatic heterocycles. The Kier molecular flexibility index (Phi) is 9.40. The lowest BCUT2D eigenvalue weighted by atomic mass is 10.1. The van der Waals surface area contributed by atoms with Crippen LogP contribution in [0.2, 0.25) is 0 Å². The second-order valence-electron chi connectivity index (χ2n) is 6.18. The van der Waals surface area contributed by atoms with E-state index >= 15 is 0 Å². The molecule has 0 saturated carbocycles. The van der Waals surface area contributed by atoms with Gasteiger partial charge in [0.1, 0.15) is 12.4 Å². The second-order valence-corrected chi connectivity index (χ2v) is 6.18. The number of aliphatic imine (C=N–C) groups is 1. The van der Waals surface area contributed by atoms with Gasteiger partial charge in [-0.15, -0.1) is 0 Å². The zero-order chi connectivity index (χ0) is 21.8. The first kappa shape index (κ1) is 23.0. The predicted octanol–water partition coefficient (Wildman–Crippen LogP) is 3.30. The first-order valence-corrected chi connectivity index (χ1v) is 9.70. The summed E-state index contributed by atoms with van der Waals surface area (Å²) in [5.74, 6) is -0.288. The Morgan fingerprint density at radius 1 is 1.03 bits per heavy atom. The molecular weight excluding hydrogens is 386 g/mol. The Labute approximate surface area is 175 Å². The molecule has 0 bridgehead atoms. The SMILES string of the molecule is CCOC(=O)C(Cc1ccc(OCC=NC(=O)c2ccccc2C=O)cc1)OCC. The van der Waals surface area contributed by atoms with Gasteiger partial charge in [-0.05, 0) is 37.6 Å². The minimum atomic E-state index is -0.644. The van der Waals surface area contributed by atoms with Crippen molar-refractivity contribution in [2.24, 2.45) is 4.99 Å². The van der Waals surface area contributed by atoms with Gasteiger partial charge in [-0.25, -0.2) is 9.79 Å². The largest absolute Gasteiger partial charge is 0.488 e. The molecule has 1 atom stereocenters. The minimum Gasteiger partial charge on any atom is -0.488 e. The van der Waals surface area contributed by atoms with Crippen LogP contribution in [0, 0.1) is 0 Å². The molecule has 1 unspecified atom stereocenters. The van der Waals surface area contributed by atoms with Gasteiger partial charge in [-0.2, -0.15) is 0 Å². The highest BCUT2D eigenvalue weighted by Crippen LogP contribution is 2.15. The Hall–Kier alpha value is -3.32. The molecule has 0 heterocycles. The molecule has 0 aliphatic heterocycles. The predicted molar refractivity (Wildman–Crippen MR) is 112 cm³/mol. The summed E-state index contributed by atoms with van der Waals surface area (Å²) in [4.78, 5) is 38.8. The lowest BCUT2D eigenvalue weighted by Gasteiger charge is -2.15. The molecule has 0 saturated heterocycles. The van der Waals surface area contributed by atoms with Crippen LogP contribution in [-0.2, 0) is 20.7 Å². The average molecular weight is 411 g/mol. The van der Waals surface area contributed by atoms with Gasteiger partial charge in [-0.1, -0.05) is 30.3 Å². The van der Waals surface area contributed by atoms with E-state index in [0.717, 1.165) is 5.56 Å². The molecular formula is C23H25NO6. The zero-order valence-corrected chi connectivity index (χ0v) is 17.1. The highest BCUT2D eigenvalue weighted by atomic mass is 16.6. The van der Waals surface area contributed by atoms with Gasteiger partial charge in [0.25, 0.3) is 5.91 Å². The van der Waals surface area contributed by atoms with Gasteiger partial charge < -0.3 is 14.2 Å². The standard InChI is InChI=1S/C23H25NO6/c1-3-28-21(23(27)29-4-2)15-17-9-11-19(12-10-17)30-14-13-24-22(26)20-8-6-5-7-18(20)16-25/h5-13,16,21H,3-4,14-15H2,1-2H3. The fraction of sp³-hybridized carbons (Fsp3) is 0.304. The Morgan fingerprint density at radius 3 is 2.43 bits per heavy atom. The topological polar surface area (TPSA) is 91.3 Å². The number of carbonyl (C=O) groups excluding carboxylic acids is 3. The van der Waals surface area contributed by atoms with E-state index in [1.54, 1.807) is 43.3 Å². The minimum absolute atomic E-state index is 0.0960. The fourth-order valence-corrected chi connectivity index (χ4v) is 2.70. The number of benzene rings is 2. The summed E-state index contributed by atoms with van der Waals surface area (Å²) in [6.45, 7) is 4.40. The van der Waals surface area contributed by atoms with Gasteiger partial charge in [0.05, 0.1) is 12.2 Å². The summed E-state index contributed by atoms with van der Waals surface area (Å²) in [6.07, 6.45) is 1.73. The van der Waals surface area contributed by atoms with Crippen LogP contribution in [0.4, 0.5) is 0 Å². The third-order valence-corrected chi connectivity index (χ3v) is 4.11. The van der Waals surface area contributed by atoms with Gasteiger partial charge in [-0.3, -0.25) is 9.59 Å². The molecule has 7 nitrogen and oxygen atoms in total. The van der Waals surface area contributed by atoms with E-state index in [9.17, 15) is 14.4 Å². The number of esters is 1. The maximum Gasteiger partial charge on any atom is 0.335 e. The van der Waals surface area contributed by atoms with Crippen molar-refractivity contribution < 1.29 is 28.6 Å². The first-order valence-electron chi connectivity index (χ1n) is 9.70.